The molecule has 28 heavy (non-hydrogen) atoms. The number of carbonyl (C=O) groups is 3. The van der Waals surface area contributed by atoms with Gasteiger partial charge in [-0.3, -0.25) is 14.4 Å². The summed E-state index contributed by atoms with van der Waals surface area (Å²) in [5.74, 6) is -0.707. The SMILES string of the molecule is CCC(C)NC(=O)c1cccc(CNC(=O)CNC(=O)c2ccccc2C)c1. The zero-order chi connectivity index (χ0) is 20.5. The lowest BCUT2D eigenvalue weighted by atomic mass is 10.1. The Labute approximate surface area is 165 Å². The summed E-state index contributed by atoms with van der Waals surface area (Å²) < 4.78 is 0. The molecule has 148 valence electrons. The monoisotopic (exact) mass is 381 g/mol. The molecule has 1 atom stereocenters. The minimum absolute atomic E-state index is 0.104. The van der Waals surface area contributed by atoms with E-state index in [1.807, 2.05) is 39.0 Å². The lowest BCUT2D eigenvalue weighted by Gasteiger charge is -2.12. The summed E-state index contributed by atoms with van der Waals surface area (Å²) in [4.78, 5) is 36.4. The number of hydrogen-bond donors (Lipinski definition) is 3. The van der Waals surface area contributed by atoms with E-state index in [9.17, 15) is 14.4 Å². The number of aryl methyl sites for hydroxylation is 1. The number of hydrogen-bond acceptors (Lipinski definition) is 3. The van der Waals surface area contributed by atoms with E-state index in [-0.39, 0.29) is 36.9 Å². The van der Waals surface area contributed by atoms with E-state index < -0.39 is 0 Å². The van der Waals surface area contributed by atoms with Crippen molar-refractivity contribution in [2.24, 2.45) is 0 Å². The maximum atomic E-state index is 12.2. The van der Waals surface area contributed by atoms with Crippen LogP contribution in [0.15, 0.2) is 48.5 Å². The molecule has 0 saturated carbocycles. The molecular formula is C22H27N3O3. The topological polar surface area (TPSA) is 87.3 Å². The fraction of sp³-hybridized carbons (Fsp3) is 0.318. The van der Waals surface area contributed by atoms with E-state index in [0.717, 1.165) is 17.5 Å². The Kier molecular flexibility index (Phi) is 7.75. The van der Waals surface area contributed by atoms with Gasteiger partial charge in [0.2, 0.25) is 5.91 Å². The highest BCUT2D eigenvalue weighted by Crippen LogP contribution is 2.07. The first-order valence-corrected chi connectivity index (χ1v) is 9.41. The van der Waals surface area contributed by atoms with Crippen LogP contribution in [0, 0.1) is 6.92 Å². The largest absolute Gasteiger partial charge is 0.350 e. The molecule has 0 aliphatic rings. The number of rotatable bonds is 8. The molecular weight excluding hydrogens is 354 g/mol. The van der Waals surface area contributed by atoms with Crippen molar-refractivity contribution < 1.29 is 14.4 Å². The molecule has 3 amide bonds. The lowest BCUT2D eigenvalue weighted by molar-refractivity contribution is -0.120. The Bertz CT molecular complexity index is 848. The van der Waals surface area contributed by atoms with Crippen molar-refractivity contribution in [2.45, 2.75) is 39.8 Å². The number of benzene rings is 2. The van der Waals surface area contributed by atoms with Crippen LogP contribution in [0.2, 0.25) is 0 Å². The highest BCUT2D eigenvalue weighted by molar-refractivity contribution is 5.97. The smallest absolute Gasteiger partial charge is 0.251 e. The molecule has 2 aromatic carbocycles. The summed E-state index contributed by atoms with van der Waals surface area (Å²) in [6, 6.07) is 14.4. The molecule has 3 N–H and O–H groups in total. The molecule has 0 radical (unpaired) electrons. The first-order chi connectivity index (χ1) is 13.4. The van der Waals surface area contributed by atoms with Gasteiger partial charge >= 0.3 is 0 Å². The average Bonchev–Trinajstić information content (AvgIpc) is 2.70. The standard InChI is InChI=1S/C22H27N3O3/c1-4-16(3)25-21(27)18-10-7-9-17(12-18)13-23-20(26)14-24-22(28)19-11-6-5-8-15(19)2/h5-12,16H,4,13-14H2,1-3H3,(H,23,26)(H,24,28)(H,25,27). The summed E-state index contributed by atoms with van der Waals surface area (Å²) in [6.45, 7) is 5.98. The zero-order valence-corrected chi connectivity index (χ0v) is 16.5. The predicted molar refractivity (Wildman–Crippen MR) is 109 cm³/mol. The summed E-state index contributed by atoms with van der Waals surface area (Å²) in [5.41, 5.74) is 2.78. The Morgan fingerprint density at radius 3 is 2.43 bits per heavy atom. The van der Waals surface area contributed by atoms with Gasteiger partial charge < -0.3 is 16.0 Å². The van der Waals surface area contributed by atoms with Crippen LogP contribution in [0.1, 0.15) is 52.1 Å². The summed E-state index contributed by atoms with van der Waals surface area (Å²) in [6.07, 6.45) is 0.857. The van der Waals surface area contributed by atoms with Gasteiger partial charge in [0, 0.05) is 23.7 Å². The molecule has 6 nitrogen and oxygen atoms in total. The van der Waals surface area contributed by atoms with E-state index >= 15 is 0 Å². The summed E-state index contributed by atoms with van der Waals surface area (Å²) in [5, 5.41) is 8.29. The minimum Gasteiger partial charge on any atom is -0.350 e. The van der Waals surface area contributed by atoms with Gasteiger partial charge in [0.15, 0.2) is 0 Å². The molecule has 1 unspecified atom stereocenters. The van der Waals surface area contributed by atoms with Crippen molar-refractivity contribution in [1.29, 1.82) is 0 Å². The second-order valence-corrected chi connectivity index (χ2v) is 6.76. The second-order valence-electron chi connectivity index (χ2n) is 6.76. The van der Waals surface area contributed by atoms with Crippen LogP contribution in [0.5, 0.6) is 0 Å². The van der Waals surface area contributed by atoms with Crippen molar-refractivity contribution >= 4 is 17.7 Å². The lowest BCUT2D eigenvalue weighted by Crippen LogP contribution is -2.37. The van der Waals surface area contributed by atoms with Gasteiger partial charge in [-0.05, 0) is 49.6 Å². The van der Waals surface area contributed by atoms with Crippen LogP contribution in [0.4, 0.5) is 0 Å². The van der Waals surface area contributed by atoms with Crippen molar-refractivity contribution in [2.75, 3.05) is 6.54 Å². The van der Waals surface area contributed by atoms with Crippen LogP contribution in [-0.2, 0) is 11.3 Å². The van der Waals surface area contributed by atoms with Gasteiger partial charge in [-0.25, -0.2) is 0 Å². The fourth-order valence-electron chi connectivity index (χ4n) is 2.58. The Balaban J connectivity index is 1.84. The molecule has 0 bridgehead atoms. The molecule has 0 fully saturated rings. The van der Waals surface area contributed by atoms with Gasteiger partial charge in [0.1, 0.15) is 0 Å². The first kappa shape index (κ1) is 21.2. The quantitative estimate of drug-likeness (QED) is 0.657. The molecule has 0 saturated heterocycles. The minimum atomic E-state index is -0.295. The van der Waals surface area contributed by atoms with E-state index in [1.54, 1.807) is 30.3 Å². The van der Waals surface area contributed by atoms with Gasteiger partial charge in [-0.15, -0.1) is 0 Å². The van der Waals surface area contributed by atoms with Gasteiger partial charge in [-0.1, -0.05) is 37.3 Å². The molecule has 6 heteroatoms. The molecule has 0 aliphatic carbocycles. The summed E-state index contributed by atoms with van der Waals surface area (Å²) >= 11 is 0. The number of nitrogens with one attached hydrogen (secondary N) is 3. The van der Waals surface area contributed by atoms with Gasteiger partial charge in [0.25, 0.3) is 11.8 Å². The molecule has 0 heterocycles. The third-order valence-corrected chi connectivity index (χ3v) is 4.47. The van der Waals surface area contributed by atoms with Crippen LogP contribution < -0.4 is 16.0 Å². The van der Waals surface area contributed by atoms with Crippen molar-refractivity contribution in [1.82, 2.24) is 16.0 Å². The summed E-state index contributed by atoms with van der Waals surface area (Å²) in [7, 11) is 0. The van der Waals surface area contributed by atoms with Crippen molar-refractivity contribution in [3.05, 3.63) is 70.8 Å². The fourth-order valence-corrected chi connectivity index (χ4v) is 2.58. The number of carbonyl (C=O) groups excluding carboxylic acids is 3. The average molecular weight is 381 g/mol. The third-order valence-electron chi connectivity index (χ3n) is 4.47. The highest BCUT2D eigenvalue weighted by Gasteiger charge is 2.11. The third kappa shape index (κ3) is 6.23. The normalized spacial score (nSPS) is 11.4. The molecule has 2 aromatic rings. The predicted octanol–water partition coefficient (Wildman–Crippen LogP) is 2.57. The Morgan fingerprint density at radius 1 is 0.964 bits per heavy atom. The van der Waals surface area contributed by atoms with E-state index in [2.05, 4.69) is 16.0 Å². The van der Waals surface area contributed by atoms with Gasteiger partial charge in [0.05, 0.1) is 6.54 Å². The number of amides is 3. The van der Waals surface area contributed by atoms with Crippen molar-refractivity contribution in [3.63, 3.8) is 0 Å². The van der Waals surface area contributed by atoms with Crippen LogP contribution in [0.3, 0.4) is 0 Å². The van der Waals surface area contributed by atoms with Crippen LogP contribution in [-0.4, -0.2) is 30.3 Å². The Morgan fingerprint density at radius 2 is 1.71 bits per heavy atom. The van der Waals surface area contributed by atoms with Crippen LogP contribution >= 0.6 is 0 Å². The van der Waals surface area contributed by atoms with E-state index in [0.29, 0.717) is 11.1 Å². The van der Waals surface area contributed by atoms with Gasteiger partial charge in [-0.2, -0.15) is 0 Å². The first-order valence-electron chi connectivity index (χ1n) is 9.41. The molecule has 2 rings (SSSR count). The maximum Gasteiger partial charge on any atom is 0.251 e. The maximum absolute atomic E-state index is 12.2. The molecule has 0 aliphatic heterocycles. The Hall–Kier alpha value is -3.15. The van der Waals surface area contributed by atoms with E-state index in [1.165, 1.54) is 0 Å². The van der Waals surface area contributed by atoms with E-state index in [4.69, 9.17) is 0 Å². The van der Waals surface area contributed by atoms with Crippen molar-refractivity contribution in [3.8, 4) is 0 Å². The van der Waals surface area contributed by atoms with Crippen LogP contribution in [0.25, 0.3) is 0 Å². The molecule has 0 spiro atoms. The zero-order valence-electron chi connectivity index (χ0n) is 16.5. The molecule has 0 aromatic heterocycles. The highest BCUT2D eigenvalue weighted by atomic mass is 16.2. The second kappa shape index (κ2) is 10.3.